The molecule has 0 saturated carbocycles. The third kappa shape index (κ3) is 6.59. The molecule has 1 unspecified atom stereocenters. The summed E-state index contributed by atoms with van der Waals surface area (Å²) < 4.78 is 55.5. The van der Waals surface area contributed by atoms with E-state index in [-0.39, 0.29) is 39.2 Å². The number of aromatic nitrogens is 4. The molecular weight excluding hydrogens is 561 g/mol. The molecule has 0 bridgehead atoms. The van der Waals surface area contributed by atoms with Crippen molar-refractivity contribution in [2.75, 3.05) is 18.4 Å². The third-order valence-corrected chi connectivity index (χ3v) is 8.56. The second-order valence-corrected chi connectivity index (χ2v) is 11.8. The number of rotatable bonds is 14. The van der Waals surface area contributed by atoms with E-state index in [1.807, 2.05) is 0 Å². The quantitative estimate of drug-likeness (QED) is 0.165. The summed E-state index contributed by atoms with van der Waals surface area (Å²) in [7, 11) is -2.83. The third-order valence-electron chi connectivity index (χ3n) is 7.19. The lowest BCUT2D eigenvalue weighted by atomic mass is 9.97. The molecule has 4 aromatic rings. The van der Waals surface area contributed by atoms with Crippen LogP contribution in [0.25, 0.3) is 16.9 Å². The molecule has 0 spiro atoms. The number of anilines is 1. The largest absolute Gasteiger partial charge is 0.494 e. The first kappa shape index (κ1) is 31.0. The molecule has 0 saturated heterocycles. The Balaban J connectivity index is 1.79. The van der Waals surface area contributed by atoms with Crippen LogP contribution in [0.3, 0.4) is 0 Å². The van der Waals surface area contributed by atoms with Gasteiger partial charge >= 0.3 is 0 Å². The predicted molar refractivity (Wildman–Crippen MR) is 161 cm³/mol. The summed E-state index contributed by atoms with van der Waals surface area (Å²) in [5, 5.41) is 4.76. The number of halogens is 1. The summed E-state index contributed by atoms with van der Waals surface area (Å²) in [5.74, 6) is 0.591. The normalized spacial score (nSPS) is 12.4. The minimum Gasteiger partial charge on any atom is -0.494 e. The summed E-state index contributed by atoms with van der Waals surface area (Å²) in [6, 6.07) is 8.03. The number of sulfonamides is 1. The van der Waals surface area contributed by atoms with Crippen LogP contribution in [0.5, 0.6) is 11.5 Å². The monoisotopic (exact) mass is 599 g/mol. The van der Waals surface area contributed by atoms with Crippen molar-refractivity contribution in [1.29, 1.82) is 0 Å². The number of fused-ring (bicyclic) bond motifs is 1. The zero-order chi connectivity index (χ0) is 30.4. The van der Waals surface area contributed by atoms with Crippen molar-refractivity contribution < 1.29 is 22.3 Å². The summed E-state index contributed by atoms with van der Waals surface area (Å²) in [5.41, 5.74) is 0.854. The average Bonchev–Trinajstić information content (AvgIpc) is 3.29. The van der Waals surface area contributed by atoms with E-state index in [0.717, 1.165) is 38.2 Å². The van der Waals surface area contributed by atoms with E-state index in [2.05, 4.69) is 23.6 Å². The number of methoxy groups -OCH3 is 1. The zero-order valence-electron chi connectivity index (χ0n) is 24.7. The van der Waals surface area contributed by atoms with Crippen molar-refractivity contribution in [2.45, 2.75) is 77.0 Å². The van der Waals surface area contributed by atoms with Gasteiger partial charge in [0, 0.05) is 12.0 Å². The Hall–Kier alpha value is -3.93. The van der Waals surface area contributed by atoms with Gasteiger partial charge in [-0.3, -0.25) is 9.52 Å². The number of hydrogen-bond donors (Lipinski definition) is 2. The van der Waals surface area contributed by atoms with Crippen molar-refractivity contribution in [3.8, 4) is 22.9 Å². The van der Waals surface area contributed by atoms with Gasteiger partial charge in [-0.2, -0.15) is 0 Å². The van der Waals surface area contributed by atoms with Gasteiger partial charge in [-0.05, 0) is 57.0 Å². The number of nitrogens with one attached hydrogen (secondary N) is 2. The number of aryl methyl sites for hydroxylation is 1. The molecular formula is C30H38FN5O5S. The molecule has 2 aromatic carbocycles. The van der Waals surface area contributed by atoms with E-state index >= 15 is 0 Å². The number of hydrogen-bond acceptors (Lipinski definition) is 7. The molecule has 0 fully saturated rings. The van der Waals surface area contributed by atoms with Gasteiger partial charge in [0.1, 0.15) is 11.6 Å². The fraction of sp³-hybridized carbons (Fsp3) is 0.433. The average molecular weight is 600 g/mol. The highest BCUT2D eigenvalue weighted by molar-refractivity contribution is 7.92. The van der Waals surface area contributed by atoms with Gasteiger partial charge in [0.05, 0.1) is 35.6 Å². The van der Waals surface area contributed by atoms with Gasteiger partial charge in [0.15, 0.2) is 22.9 Å². The molecule has 2 heterocycles. The number of benzene rings is 2. The lowest BCUT2D eigenvalue weighted by Crippen LogP contribution is -2.17. The molecule has 0 aliphatic rings. The molecule has 42 heavy (non-hydrogen) atoms. The van der Waals surface area contributed by atoms with Crippen LogP contribution in [0, 0.1) is 12.7 Å². The number of nitrogens with zero attached hydrogens (tertiary/aromatic N) is 3. The SMILES string of the molecule is CCCCCCC(CC)c1nc(C)c2c(=O)[nH]c(-c3cc(S(=O)(=O)Nc4ccc(OC)c(F)c4)ccc3OCC)nn12. The van der Waals surface area contributed by atoms with Crippen molar-refractivity contribution in [2.24, 2.45) is 0 Å². The molecule has 12 heteroatoms. The van der Waals surface area contributed by atoms with E-state index in [9.17, 15) is 17.6 Å². The van der Waals surface area contributed by atoms with Gasteiger partial charge in [0.25, 0.3) is 15.6 Å². The molecule has 0 aliphatic heterocycles. The maximum absolute atomic E-state index is 14.2. The van der Waals surface area contributed by atoms with Gasteiger partial charge in [-0.15, -0.1) is 5.10 Å². The highest BCUT2D eigenvalue weighted by Gasteiger charge is 2.24. The summed E-state index contributed by atoms with van der Waals surface area (Å²) in [4.78, 5) is 20.7. The van der Waals surface area contributed by atoms with Gasteiger partial charge in [0.2, 0.25) is 0 Å². The lowest BCUT2D eigenvalue weighted by Gasteiger charge is -2.15. The van der Waals surface area contributed by atoms with E-state index in [0.29, 0.717) is 29.4 Å². The minimum atomic E-state index is -4.15. The Labute approximate surface area is 245 Å². The smallest absolute Gasteiger partial charge is 0.277 e. The Bertz CT molecular complexity index is 1720. The maximum Gasteiger partial charge on any atom is 0.277 e. The van der Waals surface area contributed by atoms with Crippen LogP contribution in [0.1, 0.15) is 76.7 Å². The summed E-state index contributed by atoms with van der Waals surface area (Å²) >= 11 is 0. The molecule has 226 valence electrons. The van der Waals surface area contributed by atoms with Crippen LogP contribution >= 0.6 is 0 Å². The Morgan fingerprint density at radius 1 is 1.07 bits per heavy atom. The second-order valence-electron chi connectivity index (χ2n) is 10.1. The molecule has 4 rings (SSSR count). The summed E-state index contributed by atoms with van der Waals surface area (Å²) in [6.07, 6.45) is 6.26. The van der Waals surface area contributed by atoms with Crippen LogP contribution in [-0.4, -0.2) is 41.7 Å². The highest BCUT2D eigenvalue weighted by Crippen LogP contribution is 2.32. The Morgan fingerprint density at radius 3 is 2.50 bits per heavy atom. The Morgan fingerprint density at radius 2 is 1.83 bits per heavy atom. The van der Waals surface area contributed by atoms with Crippen LogP contribution in [-0.2, 0) is 10.0 Å². The van der Waals surface area contributed by atoms with E-state index in [4.69, 9.17) is 19.6 Å². The number of ether oxygens (including phenoxy) is 2. The second kappa shape index (κ2) is 13.4. The fourth-order valence-corrected chi connectivity index (χ4v) is 6.07. The molecule has 10 nitrogen and oxygen atoms in total. The van der Waals surface area contributed by atoms with E-state index in [1.165, 1.54) is 43.9 Å². The van der Waals surface area contributed by atoms with Crippen molar-refractivity contribution in [3.63, 3.8) is 0 Å². The number of imidazole rings is 1. The first-order valence-electron chi connectivity index (χ1n) is 14.3. The Kier molecular flexibility index (Phi) is 9.87. The lowest BCUT2D eigenvalue weighted by molar-refractivity contribution is 0.341. The number of unbranched alkanes of at least 4 members (excludes halogenated alkanes) is 3. The first-order chi connectivity index (χ1) is 20.1. The standard InChI is InChI=1S/C30H38FN5O5S/c1-6-9-10-11-12-20(7-2)29-32-19(4)27-30(37)33-28(34-36(27)29)23-18-22(14-16-25(23)41-8-3)42(38,39)35-21-13-15-26(40-5)24(31)17-21/h13-18,20,35H,6-12H2,1-5H3,(H,33,34,37). The molecule has 0 amide bonds. The summed E-state index contributed by atoms with van der Waals surface area (Å²) in [6.45, 7) is 8.16. The predicted octanol–water partition coefficient (Wildman–Crippen LogP) is 6.20. The van der Waals surface area contributed by atoms with Crippen LogP contribution in [0.2, 0.25) is 0 Å². The molecule has 2 aromatic heterocycles. The molecule has 0 aliphatic carbocycles. The van der Waals surface area contributed by atoms with Gasteiger partial charge in [-0.1, -0.05) is 39.5 Å². The van der Waals surface area contributed by atoms with Crippen LogP contribution in [0.4, 0.5) is 10.1 Å². The maximum atomic E-state index is 14.2. The van der Waals surface area contributed by atoms with Gasteiger partial charge < -0.3 is 14.5 Å². The van der Waals surface area contributed by atoms with E-state index < -0.39 is 15.8 Å². The molecule has 0 radical (unpaired) electrons. The number of aromatic amines is 1. The van der Waals surface area contributed by atoms with Crippen molar-refractivity contribution >= 4 is 21.2 Å². The van der Waals surface area contributed by atoms with Crippen LogP contribution < -0.4 is 19.8 Å². The van der Waals surface area contributed by atoms with Crippen molar-refractivity contribution in [1.82, 2.24) is 19.6 Å². The zero-order valence-corrected chi connectivity index (χ0v) is 25.5. The van der Waals surface area contributed by atoms with Gasteiger partial charge in [-0.25, -0.2) is 22.3 Å². The first-order valence-corrected chi connectivity index (χ1v) is 15.7. The molecule has 2 N–H and O–H groups in total. The number of H-pyrrole nitrogens is 1. The topological polar surface area (TPSA) is 128 Å². The fourth-order valence-electron chi connectivity index (χ4n) is 5.00. The van der Waals surface area contributed by atoms with Crippen molar-refractivity contribution in [3.05, 3.63) is 64.1 Å². The minimum absolute atomic E-state index is 0.00731. The van der Waals surface area contributed by atoms with Crippen LogP contribution in [0.15, 0.2) is 46.1 Å². The highest BCUT2D eigenvalue weighted by atomic mass is 32.2. The molecule has 1 atom stereocenters. The van der Waals surface area contributed by atoms with E-state index in [1.54, 1.807) is 18.4 Å².